The van der Waals surface area contributed by atoms with Crippen molar-refractivity contribution in [1.82, 2.24) is 5.54 Å². The van der Waals surface area contributed by atoms with Gasteiger partial charge in [-0.1, -0.05) is 66.2 Å². The molecule has 1 heterocycles. The number of nitrogens with one attached hydrogen (secondary N) is 1. The minimum Gasteiger partial charge on any atom is -0.233 e. The molecule has 1 aliphatic heterocycles. The van der Waals surface area contributed by atoms with Crippen molar-refractivity contribution >= 4 is 7.88 Å². The lowest BCUT2D eigenvalue weighted by Gasteiger charge is -2.40. The monoisotopic (exact) mass is 436 g/mol. The van der Waals surface area contributed by atoms with Crippen LogP contribution in [0.3, 0.4) is 0 Å². The van der Waals surface area contributed by atoms with Crippen molar-refractivity contribution in [1.29, 1.82) is 0 Å². The van der Waals surface area contributed by atoms with Crippen molar-refractivity contribution in [2.45, 2.75) is 127 Å². The Kier molecular flexibility index (Phi) is 9.15. The van der Waals surface area contributed by atoms with Gasteiger partial charge in [0.2, 0.25) is 11.3 Å². The van der Waals surface area contributed by atoms with Crippen molar-refractivity contribution in [3.8, 4) is 0 Å². The SMILES string of the molecule is CCCCC1(F)C(F)(CCCC)C(CCCC)(NF)[P+](F)(F)C1(F)CCCC. The maximum atomic E-state index is 16.6. The Morgan fingerprint density at radius 3 is 1.46 bits per heavy atom. The third kappa shape index (κ3) is 3.50. The molecule has 4 atom stereocenters. The summed E-state index contributed by atoms with van der Waals surface area (Å²) < 4.78 is 94.8. The highest BCUT2D eigenvalue weighted by molar-refractivity contribution is 7.69. The zero-order valence-electron chi connectivity index (χ0n) is 17.7. The van der Waals surface area contributed by atoms with Crippen LogP contribution in [0.15, 0.2) is 0 Å². The van der Waals surface area contributed by atoms with Crippen LogP contribution < -0.4 is 5.54 Å². The minimum absolute atomic E-state index is 0.00386. The van der Waals surface area contributed by atoms with E-state index in [1.807, 2.05) is 0 Å². The van der Waals surface area contributed by atoms with E-state index in [0.29, 0.717) is 25.7 Å². The van der Waals surface area contributed by atoms with E-state index in [4.69, 9.17) is 0 Å². The Morgan fingerprint density at radius 1 is 0.643 bits per heavy atom. The summed E-state index contributed by atoms with van der Waals surface area (Å²) in [4.78, 5) is 0. The summed E-state index contributed by atoms with van der Waals surface area (Å²) in [5.41, 5.74) is -5.70. The van der Waals surface area contributed by atoms with Crippen molar-refractivity contribution in [2.75, 3.05) is 0 Å². The highest BCUT2D eigenvalue weighted by Gasteiger charge is 3.01. The van der Waals surface area contributed by atoms with E-state index < -0.39 is 55.6 Å². The molecule has 1 aliphatic rings. The van der Waals surface area contributed by atoms with Crippen molar-refractivity contribution in [3.05, 3.63) is 0 Å². The number of unbranched alkanes of at least 4 members (excludes halogenated alkanes) is 4. The maximum Gasteiger partial charge on any atom is 0.452 e. The molecule has 0 radical (unpaired) electrons. The molecule has 1 fully saturated rings. The number of alkyl halides is 3. The lowest BCUT2D eigenvalue weighted by atomic mass is 9.70. The molecule has 0 spiro atoms. The van der Waals surface area contributed by atoms with Crippen molar-refractivity contribution in [3.63, 3.8) is 0 Å². The molecule has 0 aromatic heterocycles. The molecule has 28 heavy (non-hydrogen) atoms. The molecule has 4 unspecified atom stereocenters. The maximum absolute atomic E-state index is 16.6. The predicted octanol–water partition coefficient (Wildman–Crippen LogP) is 8.80. The van der Waals surface area contributed by atoms with Crippen LogP contribution in [0.1, 0.15) is 105 Å². The summed E-state index contributed by atoms with van der Waals surface area (Å²) in [6, 6.07) is 0. The molecule has 0 saturated carbocycles. The van der Waals surface area contributed by atoms with E-state index in [9.17, 15) is 4.48 Å². The third-order valence-corrected chi connectivity index (χ3v) is 9.56. The largest absolute Gasteiger partial charge is 0.452 e. The van der Waals surface area contributed by atoms with Gasteiger partial charge in [-0.3, -0.25) is 0 Å². The molecule has 0 aliphatic carbocycles. The van der Waals surface area contributed by atoms with Crippen molar-refractivity contribution in [2.24, 2.45) is 0 Å². The summed E-state index contributed by atoms with van der Waals surface area (Å²) in [6.45, 7) is 6.80. The number of halogens is 6. The van der Waals surface area contributed by atoms with Crippen LogP contribution in [-0.2, 0) is 0 Å². The summed E-state index contributed by atoms with van der Waals surface area (Å²) in [5, 5.41) is -6.75. The van der Waals surface area contributed by atoms with E-state index in [2.05, 4.69) is 0 Å². The smallest absolute Gasteiger partial charge is 0.233 e. The predicted molar refractivity (Wildman–Crippen MR) is 106 cm³/mol. The van der Waals surface area contributed by atoms with Crippen LogP contribution in [0.4, 0.5) is 26.0 Å². The second kappa shape index (κ2) is 9.85. The molecular formula is C20H37F6NP+. The van der Waals surface area contributed by atoms with Gasteiger partial charge in [0.25, 0.3) is 5.28 Å². The van der Waals surface area contributed by atoms with Crippen LogP contribution >= 0.6 is 7.88 Å². The molecule has 1 saturated heterocycles. The Hall–Kier alpha value is -0.0300. The topological polar surface area (TPSA) is 12.0 Å². The molecular weight excluding hydrogens is 399 g/mol. The Balaban J connectivity index is 3.76. The van der Waals surface area contributed by atoms with Gasteiger partial charge in [0.1, 0.15) is 0 Å². The van der Waals surface area contributed by atoms with Gasteiger partial charge in [0.05, 0.1) is 0 Å². The molecule has 0 amide bonds. The van der Waals surface area contributed by atoms with Crippen LogP contribution in [0.25, 0.3) is 0 Å². The van der Waals surface area contributed by atoms with Crippen molar-refractivity contribution < 1.29 is 26.0 Å². The molecule has 0 bridgehead atoms. The lowest BCUT2D eigenvalue weighted by molar-refractivity contribution is -0.132. The highest BCUT2D eigenvalue weighted by Crippen LogP contribution is 2.93. The number of hydrogen-bond donors (Lipinski definition) is 1. The zero-order chi connectivity index (χ0) is 21.7. The minimum atomic E-state index is -6.04. The zero-order valence-corrected chi connectivity index (χ0v) is 18.6. The summed E-state index contributed by atoms with van der Waals surface area (Å²) in [6.07, 6.45) is -0.831. The molecule has 168 valence electrons. The van der Waals surface area contributed by atoms with Gasteiger partial charge in [-0.25, -0.2) is 8.78 Å². The first-order chi connectivity index (χ1) is 13.1. The van der Waals surface area contributed by atoms with Gasteiger partial charge >= 0.3 is 13.3 Å². The van der Waals surface area contributed by atoms with E-state index in [0.717, 1.165) is 5.54 Å². The first-order valence-corrected chi connectivity index (χ1v) is 12.4. The van der Waals surface area contributed by atoms with Gasteiger partial charge in [-0.15, -0.1) is 10.0 Å². The Labute approximate surface area is 166 Å². The first-order valence-electron chi connectivity index (χ1n) is 10.8. The van der Waals surface area contributed by atoms with E-state index in [-0.39, 0.29) is 25.7 Å². The fraction of sp³-hybridized carbons (Fsp3) is 1.00. The van der Waals surface area contributed by atoms with Gasteiger partial charge < -0.3 is 0 Å². The quantitative estimate of drug-likeness (QED) is 0.173. The van der Waals surface area contributed by atoms with Crippen LogP contribution in [0.2, 0.25) is 0 Å². The van der Waals surface area contributed by atoms with Crippen LogP contribution in [0, 0.1) is 0 Å². The molecule has 1 rings (SSSR count). The molecule has 0 aromatic carbocycles. The average Bonchev–Trinajstić information content (AvgIpc) is 2.75. The molecule has 1 nitrogen and oxygen atoms in total. The second-order valence-electron chi connectivity index (χ2n) is 8.24. The van der Waals surface area contributed by atoms with E-state index >= 15 is 21.6 Å². The Morgan fingerprint density at radius 2 is 1.04 bits per heavy atom. The van der Waals surface area contributed by atoms with Crippen LogP contribution in [0.5, 0.6) is 0 Å². The fourth-order valence-corrected chi connectivity index (χ4v) is 7.77. The van der Waals surface area contributed by atoms with Gasteiger partial charge in [-0.05, 0) is 34.1 Å². The van der Waals surface area contributed by atoms with Gasteiger partial charge in [0, 0.05) is 12.8 Å². The standard InChI is InChI=1S/C20H37F6NP/c1-5-9-13-17(21)18(22,14-10-6-2)20(27-24,16-12-8-4)28(25,26)19(17,23)15-11-7-3/h27H,5-16H2,1-4H3/q+1. The summed E-state index contributed by atoms with van der Waals surface area (Å²) in [5.74, 6) is 0. The fourth-order valence-electron chi connectivity index (χ4n) is 4.71. The summed E-state index contributed by atoms with van der Waals surface area (Å²) >= 11 is 0. The normalized spacial score (nSPS) is 37.5. The first kappa shape index (κ1) is 26.0. The average molecular weight is 436 g/mol. The molecule has 1 N–H and O–H groups in total. The van der Waals surface area contributed by atoms with E-state index in [1.54, 1.807) is 27.7 Å². The third-order valence-electron chi connectivity index (χ3n) is 6.48. The second-order valence-corrected chi connectivity index (χ2v) is 10.7. The number of rotatable bonds is 13. The van der Waals surface area contributed by atoms with Gasteiger partial charge in [-0.2, -0.15) is 4.39 Å². The molecule has 8 heteroatoms. The Bertz CT molecular complexity index is 495. The number of hydrogen-bond acceptors (Lipinski definition) is 1. The summed E-state index contributed by atoms with van der Waals surface area (Å²) in [7, 11) is -6.04. The lowest BCUT2D eigenvalue weighted by Crippen LogP contribution is -2.63. The van der Waals surface area contributed by atoms with Gasteiger partial charge in [0.15, 0.2) is 0 Å². The van der Waals surface area contributed by atoms with Crippen LogP contribution in [-0.4, -0.2) is 22.0 Å². The molecule has 0 aromatic rings. The highest BCUT2D eigenvalue weighted by atomic mass is 31.2. The van der Waals surface area contributed by atoms with E-state index in [1.165, 1.54) is 0 Å².